The molecule has 4 nitrogen and oxygen atoms in total. The van der Waals surface area contributed by atoms with Gasteiger partial charge in [-0.1, -0.05) is 18.2 Å². The standard InChI is InChI=1S/C15H20ClNO3/c1-9-6-5-7-12(13(9)17-14(18)11(3)16)15(4)19-8-10(2)20-15/h5-7,10-11H,8H2,1-4H3,(H,17,18). The van der Waals surface area contributed by atoms with Crippen LogP contribution in [0.4, 0.5) is 5.69 Å². The summed E-state index contributed by atoms with van der Waals surface area (Å²) in [5.41, 5.74) is 2.47. The highest BCUT2D eigenvalue weighted by atomic mass is 35.5. The first-order chi connectivity index (χ1) is 9.33. The molecular weight excluding hydrogens is 278 g/mol. The maximum Gasteiger partial charge on any atom is 0.242 e. The number of amides is 1. The van der Waals surface area contributed by atoms with Gasteiger partial charge >= 0.3 is 0 Å². The summed E-state index contributed by atoms with van der Waals surface area (Å²) in [5.74, 6) is -1.08. The summed E-state index contributed by atoms with van der Waals surface area (Å²) in [7, 11) is 0. The minimum Gasteiger partial charge on any atom is -0.343 e. The minimum absolute atomic E-state index is 0.0241. The highest BCUT2D eigenvalue weighted by Gasteiger charge is 2.39. The summed E-state index contributed by atoms with van der Waals surface area (Å²) >= 11 is 5.83. The number of hydrogen-bond donors (Lipinski definition) is 1. The Balaban J connectivity index is 2.39. The van der Waals surface area contributed by atoms with Gasteiger partial charge in [0, 0.05) is 5.56 Å². The Morgan fingerprint density at radius 1 is 1.55 bits per heavy atom. The summed E-state index contributed by atoms with van der Waals surface area (Å²) in [4.78, 5) is 11.9. The molecule has 5 heteroatoms. The number of benzene rings is 1. The largest absolute Gasteiger partial charge is 0.343 e. The van der Waals surface area contributed by atoms with Crippen LogP contribution in [0.1, 0.15) is 31.9 Å². The number of rotatable bonds is 3. The number of hydrogen-bond acceptors (Lipinski definition) is 3. The monoisotopic (exact) mass is 297 g/mol. The molecule has 1 aliphatic rings. The molecule has 1 amide bonds. The molecule has 1 aromatic carbocycles. The van der Waals surface area contributed by atoms with E-state index in [0.717, 1.165) is 11.1 Å². The first-order valence-electron chi connectivity index (χ1n) is 6.70. The fourth-order valence-electron chi connectivity index (χ4n) is 2.30. The number of anilines is 1. The molecule has 0 aromatic heterocycles. The Labute approximate surface area is 124 Å². The first-order valence-corrected chi connectivity index (χ1v) is 7.14. The zero-order valence-corrected chi connectivity index (χ0v) is 13.0. The van der Waals surface area contributed by atoms with Crippen LogP contribution in [0.25, 0.3) is 0 Å². The van der Waals surface area contributed by atoms with E-state index in [1.165, 1.54) is 0 Å². The van der Waals surface area contributed by atoms with Crippen LogP contribution in [-0.4, -0.2) is 24.0 Å². The highest BCUT2D eigenvalue weighted by molar-refractivity contribution is 6.32. The molecule has 3 unspecified atom stereocenters. The van der Waals surface area contributed by atoms with Gasteiger partial charge in [-0.3, -0.25) is 4.79 Å². The van der Waals surface area contributed by atoms with E-state index in [9.17, 15) is 4.79 Å². The van der Waals surface area contributed by atoms with Gasteiger partial charge in [-0.2, -0.15) is 0 Å². The third kappa shape index (κ3) is 2.97. The van der Waals surface area contributed by atoms with Crippen LogP contribution in [0.5, 0.6) is 0 Å². The zero-order chi connectivity index (χ0) is 14.9. The van der Waals surface area contributed by atoms with Gasteiger partial charge in [0.1, 0.15) is 5.38 Å². The second-order valence-corrected chi connectivity index (χ2v) is 5.94. The lowest BCUT2D eigenvalue weighted by atomic mass is 10.0. The van der Waals surface area contributed by atoms with E-state index in [1.54, 1.807) is 6.92 Å². The van der Waals surface area contributed by atoms with Gasteiger partial charge in [0.05, 0.1) is 18.4 Å². The van der Waals surface area contributed by atoms with E-state index < -0.39 is 11.2 Å². The molecule has 0 bridgehead atoms. The summed E-state index contributed by atoms with van der Waals surface area (Å²) in [6.45, 7) is 7.93. The zero-order valence-electron chi connectivity index (χ0n) is 12.2. The van der Waals surface area contributed by atoms with Crippen molar-refractivity contribution >= 4 is 23.2 Å². The van der Waals surface area contributed by atoms with Gasteiger partial charge in [-0.25, -0.2) is 0 Å². The molecule has 1 aliphatic heterocycles. The van der Waals surface area contributed by atoms with Crippen molar-refractivity contribution in [3.8, 4) is 0 Å². The van der Waals surface area contributed by atoms with Gasteiger partial charge in [0.2, 0.25) is 5.91 Å². The number of para-hydroxylation sites is 1. The highest BCUT2D eigenvalue weighted by Crippen LogP contribution is 2.39. The van der Waals surface area contributed by atoms with E-state index in [-0.39, 0.29) is 12.0 Å². The lowest BCUT2D eigenvalue weighted by Gasteiger charge is -2.27. The molecule has 110 valence electrons. The van der Waals surface area contributed by atoms with E-state index in [2.05, 4.69) is 5.32 Å². The van der Waals surface area contributed by atoms with Crippen LogP contribution in [0.15, 0.2) is 18.2 Å². The third-order valence-corrected chi connectivity index (χ3v) is 3.59. The number of alkyl halides is 1. The predicted octanol–water partition coefficient (Wildman–Crippen LogP) is 3.17. The van der Waals surface area contributed by atoms with Crippen LogP contribution in [0.3, 0.4) is 0 Å². The topological polar surface area (TPSA) is 47.6 Å². The van der Waals surface area contributed by atoms with Crippen LogP contribution >= 0.6 is 11.6 Å². The Morgan fingerprint density at radius 3 is 2.80 bits per heavy atom. The van der Waals surface area contributed by atoms with E-state index in [0.29, 0.717) is 12.3 Å². The Bertz CT molecular complexity index is 518. The maximum absolute atomic E-state index is 11.9. The van der Waals surface area contributed by atoms with Crippen LogP contribution in [-0.2, 0) is 20.1 Å². The fourth-order valence-corrected chi connectivity index (χ4v) is 2.36. The van der Waals surface area contributed by atoms with E-state index in [1.807, 2.05) is 39.0 Å². The number of carbonyl (C=O) groups is 1. The summed E-state index contributed by atoms with van der Waals surface area (Å²) in [5, 5.41) is 2.27. The number of aryl methyl sites for hydroxylation is 1. The molecule has 0 aliphatic carbocycles. The van der Waals surface area contributed by atoms with Crippen molar-refractivity contribution < 1.29 is 14.3 Å². The van der Waals surface area contributed by atoms with Crippen LogP contribution in [0.2, 0.25) is 0 Å². The quantitative estimate of drug-likeness (QED) is 0.872. The van der Waals surface area contributed by atoms with E-state index in [4.69, 9.17) is 21.1 Å². The molecular formula is C15H20ClNO3. The van der Waals surface area contributed by atoms with Crippen molar-refractivity contribution in [3.63, 3.8) is 0 Å². The normalized spacial score (nSPS) is 27.4. The average Bonchev–Trinajstić information content (AvgIpc) is 2.72. The molecule has 1 heterocycles. The molecule has 2 rings (SSSR count). The Kier molecular flexibility index (Phi) is 4.37. The fraction of sp³-hybridized carbons (Fsp3) is 0.533. The molecule has 1 fully saturated rings. The van der Waals surface area contributed by atoms with Crippen molar-refractivity contribution in [2.24, 2.45) is 0 Å². The lowest BCUT2D eigenvalue weighted by Crippen LogP contribution is -2.28. The summed E-state index contributed by atoms with van der Waals surface area (Å²) in [6, 6.07) is 5.75. The number of ether oxygens (including phenoxy) is 2. The second kappa shape index (κ2) is 5.72. The van der Waals surface area contributed by atoms with Crippen LogP contribution in [0, 0.1) is 6.92 Å². The second-order valence-electron chi connectivity index (χ2n) is 5.29. The summed E-state index contributed by atoms with van der Waals surface area (Å²) < 4.78 is 11.6. The van der Waals surface area contributed by atoms with Crippen LogP contribution < -0.4 is 5.32 Å². The van der Waals surface area contributed by atoms with E-state index >= 15 is 0 Å². The van der Waals surface area contributed by atoms with Gasteiger partial charge in [-0.15, -0.1) is 11.6 Å². The Morgan fingerprint density at radius 2 is 2.25 bits per heavy atom. The molecule has 0 radical (unpaired) electrons. The number of halogens is 1. The Hall–Kier alpha value is -1.10. The van der Waals surface area contributed by atoms with Gasteiger partial charge in [0.25, 0.3) is 0 Å². The van der Waals surface area contributed by atoms with Gasteiger partial charge < -0.3 is 14.8 Å². The number of nitrogens with one attached hydrogen (secondary N) is 1. The molecule has 1 aromatic rings. The smallest absolute Gasteiger partial charge is 0.242 e. The maximum atomic E-state index is 11.9. The van der Waals surface area contributed by atoms with Crippen molar-refractivity contribution in [1.82, 2.24) is 0 Å². The molecule has 1 N–H and O–H groups in total. The first kappa shape index (κ1) is 15.3. The summed E-state index contributed by atoms with van der Waals surface area (Å²) in [6.07, 6.45) is 0.0241. The molecule has 0 saturated carbocycles. The van der Waals surface area contributed by atoms with Crippen molar-refractivity contribution in [3.05, 3.63) is 29.3 Å². The minimum atomic E-state index is -0.844. The average molecular weight is 298 g/mol. The molecule has 3 atom stereocenters. The molecule has 0 spiro atoms. The van der Waals surface area contributed by atoms with Crippen molar-refractivity contribution in [2.45, 2.75) is 45.0 Å². The van der Waals surface area contributed by atoms with Gasteiger partial charge in [-0.05, 0) is 33.3 Å². The van der Waals surface area contributed by atoms with Crippen molar-refractivity contribution in [2.75, 3.05) is 11.9 Å². The molecule has 1 saturated heterocycles. The predicted molar refractivity (Wildman–Crippen MR) is 79.0 cm³/mol. The van der Waals surface area contributed by atoms with Crippen molar-refractivity contribution in [1.29, 1.82) is 0 Å². The SMILES string of the molecule is Cc1cccc(C2(C)OCC(C)O2)c1NC(=O)C(C)Cl. The molecule has 20 heavy (non-hydrogen) atoms. The number of carbonyl (C=O) groups excluding carboxylic acids is 1. The third-order valence-electron chi connectivity index (χ3n) is 3.39. The lowest BCUT2D eigenvalue weighted by molar-refractivity contribution is -0.159. The van der Waals surface area contributed by atoms with Gasteiger partial charge in [0.15, 0.2) is 5.79 Å².